The molecule has 0 atom stereocenters. The van der Waals surface area contributed by atoms with Crippen LogP contribution in [0.2, 0.25) is 0 Å². The minimum atomic E-state index is -0.0496. The second-order valence-corrected chi connectivity index (χ2v) is 6.80. The number of amides is 2. The van der Waals surface area contributed by atoms with Crippen LogP contribution in [0, 0.1) is 6.92 Å². The van der Waals surface area contributed by atoms with Gasteiger partial charge < -0.3 is 15.0 Å². The molecule has 2 rings (SSSR count). The Kier molecular flexibility index (Phi) is 8.05. The number of carbonyl (C=O) groups excluding carboxylic acids is 2. The number of carbonyl (C=O) groups is 2. The highest BCUT2D eigenvalue weighted by molar-refractivity contribution is 5.94. The molecule has 2 aromatic rings. The van der Waals surface area contributed by atoms with Crippen LogP contribution < -0.4 is 15.0 Å². The fourth-order valence-corrected chi connectivity index (χ4v) is 3.26. The zero-order chi connectivity index (χ0) is 20.5. The van der Waals surface area contributed by atoms with Crippen LogP contribution in [0.25, 0.3) is 0 Å². The highest BCUT2D eigenvalue weighted by atomic mass is 16.5. The molecule has 0 heterocycles. The van der Waals surface area contributed by atoms with Crippen molar-refractivity contribution >= 4 is 17.5 Å². The Bertz CT molecular complexity index is 800. The third kappa shape index (κ3) is 5.84. The van der Waals surface area contributed by atoms with Gasteiger partial charge in [-0.1, -0.05) is 37.3 Å². The van der Waals surface area contributed by atoms with Gasteiger partial charge in [0.15, 0.2) is 0 Å². The fraction of sp³-hybridized carbons (Fsp3) is 0.391. The van der Waals surface area contributed by atoms with Gasteiger partial charge in [-0.05, 0) is 48.6 Å². The number of anilines is 1. The summed E-state index contributed by atoms with van der Waals surface area (Å²) >= 11 is 0. The number of ether oxygens (including phenoxy) is 1. The summed E-state index contributed by atoms with van der Waals surface area (Å²) in [5.74, 6) is 0.723. The van der Waals surface area contributed by atoms with Crippen molar-refractivity contribution < 1.29 is 14.3 Å². The van der Waals surface area contributed by atoms with E-state index in [1.165, 1.54) is 0 Å². The lowest BCUT2D eigenvalue weighted by atomic mass is 10.0. The van der Waals surface area contributed by atoms with E-state index in [-0.39, 0.29) is 18.2 Å². The fourth-order valence-electron chi connectivity index (χ4n) is 3.26. The smallest absolute Gasteiger partial charge is 0.223 e. The second kappa shape index (κ2) is 10.5. The standard InChI is InChI=1S/C23H30N2O3/c1-5-20-8-6-7-17(2)23(20)25(18(3)26)16-14-22(27)24-15-13-19-9-11-21(28-4)12-10-19/h6-12H,5,13-16H2,1-4H3,(H,24,27). The molecule has 0 unspecified atom stereocenters. The van der Waals surface area contributed by atoms with Crippen molar-refractivity contribution in [2.24, 2.45) is 0 Å². The molecule has 0 radical (unpaired) electrons. The minimum absolute atomic E-state index is 0.0463. The SMILES string of the molecule is CCc1cccc(C)c1N(CCC(=O)NCCc1ccc(OC)cc1)C(C)=O. The molecule has 0 saturated carbocycles. The molecule has 5 heteroatoms. The van der Waals surface area contributed by atoms with E-state index in [4.69, 9.17) is 4.74 Å². The number of hydrogen-bond donors (Lipinski definition) is 1. The maximum absolute atomic E-state index is 12.3. The normalized spacial score (nSPS) is 10.4. The second-order valence-electron chi connectivity index (χ2n) is 6.80. The van der Waals surface area contributed by atoms with Crippen LogP contribution in [0.15, 0.2) is 42.5 Å². The van der Waals surface area contributed by atoms with Gasteiger partial charge in [-0.3, -0.25) is 9.59 Å². The van der Waals surface area contributed by atoms with E-state index in [9.17, 15) is 9.59 Å². The average Bonchev–Trinajstić information content (AvgIpc) is 2.69. The first kappa shape index (κ1) is 21.5. The van der Waals surface area contributed by atoms with Crippen molar-refractivity contribution in [3.05, 3.63) is 59.2 Å². The van der Waals surface area contributed by atoms with E-state index in [0.717, 1.165) is 41.0 Å². The molecular formula is C23H30N2O3. The molecule has 2 amide bonds. The van der Waals surface area contributed by atoms with E-state index in [2.05, 4.69) is 12.2 Å². The maximum Gasteiger partial charge on any atom is 0.223 e. The van der Waals surface area contributed by atoms with E-state index in [1.807, 2.05) is 49.4 Å². The molecule has 0 aromatic heterocycles. The lowest BCUT2D eigenvalue weighted by Crippen LogP contribution is -2.35. The molecule has 1 N–H and O–H groups in total. The predicted molar refractivity (Wildman–Crippen MR) is 113 cm³/mol. The number of rotatable bonds is 9. The summed E-state index contributed by atoms with van der Waals surface area (Å²) in [7, 11) is 1.64. The van der Waals surface area contributed by atoms with Crippen LogP contribution in [0.1, 0.15) is 37.0 Å². The maximum atomic E-state index is 12.3. The van der Waals surface area contributed by atoms with Gasteiger partial charge in [-0.15, -0.1) is 0 Å². The number of hydrogen-bond acceptors (Lipinski definition) is 3. The van der Waals surface area contributed by atoms with Gasteiger partial charge >= 0.3 is 0 Å². The van der Waals surface area contributed by atoms with E-state index in [0.29, 0.717) is 13.1 Å². The van der Waals surface area contributed by atoms with Crippen LogP contribution in [0.3, 0.4) is 0 Å². The van der Waals surface area contributed by atoms with Gasteiger partial charge in [-0.2, -0.15) is 0 Å². The molecule has 150 valence electrons. The first-order chi connectivity index (χ1) is 13.5. The summed E-state index contributed by atoms with van der Waals surface area (Å²) in [4.78, 5) is 26.2. The van der Waals surface area contributed by atoms with E-state index >= 15 is 0 Å². The number of methoxy groups -OCH3 is 1. The quantitative estimate of drug-likeness (QED) is 0.720. The lowest BCUT2D eigenvalue weighted by molar-refractivity contribution is -0.121. The third-order valence-corrected chi connectivity index (χ3v) is 4.81. The Hall–Kier alpha value is -2.82. The number of nitrogens with zero attached hydrogens (tertiary/aromatic N) is 1. The van der Waals surface area contributed by atoms with Gasteiger partial charge in [0.25, 0.3) is 0 Å². The van der Waals surface area contributed by atoms with Crippen molar-refractivity contribution in [3.63, 3.8) is 0 Å². The molecule has 28 heavy (non-hydrogen) atoms. The Balaban J connectivity index is 1.89. The molecule has 0 aliphatic heterocycles. The zero-order valence-electron chi connectivity index (χ0n) is 17.2. The monoisotopic (exact) mass is 382 g/mol. The Labute approximate surface area is 167 Å². The highest BCUT2D eigenvalue weighted by Gasteiger charge is 2.18. The Morgan fingerprint density at radius 3 is 2.43 bits per heavy atom. The van der Waals surface area contributed by atoms with Crippen LogP contribution in [-0.2, 0) is 22.4 Å². The molecule has 0 fully saturated rings. The first-order valence-corrected chi connectivity index (χ1v) is 9.72. The third-order valence-electron chi connectivity index (χ3n) is 4.81. The van der Waals surface area contributed by atoms with E-state index < -0.39 is 0 Å². The van der Waals surface area contributed by atoms with Crippen molar-refractivity contribution in [1.29, 1.82) is 0 Å². The molecule has 0 bridgehead atoms. The van der Waals surface area contributed by atoms with Gasteiger partial charge in [-0.25, -0.2) is 0 Å². The largest absolute Gasteiger partial charge is 0.497 e. The predicted octanol–water partition coefficient (Wildman–Crippen LogP) is 3.67. The average molecular weight is 383 g/mol. The number of nitrogens with one attached hydrogen (secondary N) is 1. The molecule has 0 spiro atoms. The van der Waals surface area contributed by atoms with Crippen LogP contribution in [0.5, 0.6) is 5.75 Å². The topological polar surface area (TPSA) is 58.6 Å². The summed E-state index contributed by atoms with van der Waals surface area (Å²) in [5, 5.41) is 2.94. The highest BCUT2D eigenvalue weighted by Crippen LogP contribution is 2.26. The van der Waals surface area contributed by atoms with Crippen molar-refractivity contribution in [2.75, 3.05) is 25.1 Å². The van der Waals surface area contributed by atoms with E-state index in [1.54, 1.807) is 18.9 Å². The van der Waals surface area contributed by atoms with Crippen molar-refractivity contribution in [3.8, 4) is 5.75 Å². The summed E-state index contributed by atoms with van der Waals surface area (Å²) in [5.41, 5.74) is 4.24. The lowest BCUT2D eigenvalue weighted by Gasteiger charge is -2.25. The molecule has 0 saturated heterocycles. The number of benzene rings is 2. The van der Waals surface area contributed by atoms with Gasteiger partial charge in [0.2, 0.25) is 11.8 Å². The Morgan fingerprint density at radius 2 is 1.82 bits per heavy atom. The molecule has 0 aliphatic carbocycles. The number of aryl methyl sites for hydroxylation is 2. The van der Waals surface area contributed by atoms with Gasteiger partial charge in [0.05, 0.1) is 7.11 Å². The minimum Gasteiger partial charge on any atom is -0.497 e. The molecule has 2 aromatic carbocycles. The summed E-state index contributed by atoms with van der Waals surface area (Å²) in [6.45, 7) is 6.56. The zero-order valence-corrected chi connectivity index (χ0v) is 17.2. The van der Waals surface area contributed by atoms with Gasteiger partial charge in [0.1, 0.15) is 5.75 Å². The first-order valence-electron chi connectivity index (χ1n) is 9.72. The van der Waals surface area contributed by atoms with Crippen LogP contribution >= 0.6 is 0 Å². The molecule has 5 nitrogen and oxygen atoms in total. The van der Waals surface area contributed by atoms with Crippen molar-refractivity contribution in [1.82, 2.24) is 5.32 Å². The van der Waals surface area contributed by atoms with Crippen LogP contribution in [0.4, 0.5) is 5.69 Å². The van der Waals surface area contributed by atoms with Crippen molar-refractivity contribution in [2.45, 2.75) is 40.0 Å². The summed E-state index contributed by atoms with van der Waals surface area (Å²) < 4.78 is 5.14. The number of para-hydroxylation sites is 1. The molecular weight excluding hydrogens is 352 g/mol. The van der Waals surface area contributed by atoms with Gasteiger partial charge in [0, 0.05) is 32.1 Å². The summed E-state index contributed by atoms with van der Waals surface area (Å²) in [6.07, 6.45) is 1.87. The Morgan fingerprint density at radius 1 is 1.11 bits per heavy atom. The summed E-state index contributed by atoms with van der Waals surface area (Å²) in [6, 6.07) is 13.8. The molecule has 0 aliphatic rings. The van der Waals surface area contributed by atoms with Crippen LogP contribution in [-0.4, -0.2) is 32.0 Å².